The summed E-state index contributed by atoms with van der Waals surface area (Å²) in [5, 5.41) is -0.0777. The number of ketones is 1. The Kier molecular flexibility index (Phi) is 4.51. The third-order valence-electron chi connectivity index (χ3n) is 2.78. The topological polar surface area (TPSA) is 34.1 Å². The van der Waals surface area contributed by atoms with E-state index >= 15 is 0 Å². The summed E-state index contributed by atoms with van der Waals surface area (Å²) in [7, 11) is -1.40. The van der Waals surface area contributed by atoms with Gasteiger partial charge in [0.15, 0.2) is 5.78 Å². The fourth-order valence-electron chi connectivity index (χ4n) is 1.73. The van der Waals surface area contributed by atoms with Crippen LogP contribution in [0, 0.1) is 0 Å². The lowest BCUT2D eigenvalue weighted by atomic mass is 10.1. The Morgan fingerprint density at radius 3 is 2.42 bits per heavy atom. The van der Waals surface area contributed by atoms with E-state index in [1.165, 1.54) is 0 Å². The van der Waals surface area contributed by atoms with Crippen LogP contribution >= 0.6 is 11.6 Å². The van der Waals surface area contributed by atoms with Gasteiger partial charge in [0, 0.05) is 15.5 Å². The zero-order chi connectivity index (χ0) is 13.8. The molecule has 2 atom stereocenters. The molecule has 0 aliphatic carbocycles. The fourth-order valence-corrected chi connectivity index (χ4v) is 3.18. The van der Waals surface area contributed by atoms with Crippen LogP contribution in [0.2, 0.25) is 5.02 Å². The first-order chi connectivity index (χ1) is 9.09. The van der Waals surface area contributed by atoms with Gasteiger partial charge in [0.2, 0.25) is 0 Å². The molecule has 0 aliphatic rings. The van der Waals surface area contributed by atoms with Crippen molar-refractivity contribution in [2.75, 3.05) is 0 Å². The van der Waals surface area contributed by atoms with Crippen LogP contribution in [0.3, 0.4) is 0 Å². The van der Waals surface area contributed by atoms with Gasteiger partial charge in [0.05, 0.1) is 16.0 Å². The summed E-state index contributed by atoms with van der Waals surface area (Å²) in [6.45, 7) is 1.67. The minimum absolute atomic E-state index is 0.126. The van der Waals surface area contributed by atoms with E-state index in [9.17, 15) is 9.00 Å². The van der Waals surface area contributed by atoms with Crippen LogP contribution < -0.4 is 0 Å². The van der Waals surface area contributed by atoms with Gasteiger partial charge in [0.1, 0.15) is 0 Å². The molecule has 2 rings (SSSR count). The predicted octanol–water partition coefficient (Wildman–Crippen LogP) is 3.72. The van der Waals surface area contributed by atoms with Gasteiger partial charge in [0.25, 0.3) is 0 Å². The van der Waals surface area contributed by atoms with E-state index in [0.717, 1.165) is 0 Å². The van der Waals surface area contributed by atoms with E-state index in [1.54, 1.807) is 55.5 Å². The lowest BCUT2D eigenvalue weighted by Crippen LogP contribution is -2.22. The van der Waals surface area contributed by atoms with E-state index in [-0.39, 0.29) is 5.78 Å². The van der Waals surface area contributed by atoms with Crippen molar-refractivity contribution in [3.05, 3.63) is 65.2 Å². The Hall–Kier alpha value is -1.45. The molecule has 0 aromatic heterocycles. The second-order valence-electron chi connectivity index (χ2n) is 4.13. The van der Waals surface area contributed by atoms with Crippen LogP contribution in [0.4, 0.5) is 0 Å². The van der Waals surface area contributed by atoms with Gasteiger partial charge in [-0.25, -0.2) is 0 Å². The molecule has 0 amide bonds. The van der Waals surface area contributed by atoms with Crippen molar-refractivity contribution < 1.29 is 9.00 Å². The summed E-state index contributed by atoms with van der Waals surface area (Å²) in [5.74, 6) is -0.126. The van der Waals surface area contributed by atoms with Crippen LogP contribution in [-0.4, -0.2) is 15.2 Å². The highest BCUT2D eigenvalue weighted by molar-refractivity contribution is 7.86. The zero-order valence-corrected chi connectivity index (χ0v) is 11.9. The van der Waals surface area contributed by atoms with Gasteiger partial charge in [-0.05, 0) is 25.1 Å². The molecule has 98 valence electrons. The Bertz CT molecular complexity index is 611. The normalized spacial score (nSPS) is 13.8. The Labute approximate surface area is 119 Å². The van der Waals surface area contributed by atoms with Crippen LogP contribution in [0.1, 0.15) is 17.3 Å². The summed E-state index contributed by atoms with van der Waals surface area (Å²) >= 11 is 5.87. The molecule has 19 heavy (non-hydrogen) atoms. The summed E-state index contributed by atoms with van der Waals surface area (Å²) in [6.07, 6.45) is 0. The number of hydrogen-bond donors (Lipinski definition) is 0. The number of carbonyl (C=O) groups excluding carboxylic acids is 1. The van der Waals surface area contributed by atoms with Crippen LogP contribution in [0.5, 0.6) is 0 Å². The number of rotatable bonds is 4. The van der Waals surface area contributed by atoms with E-state index < -0.39 is 16.0 Å². The highest BCUT2D eigenvalue weighted by atomic mass is 35.5. The summed E-state index contributed by atoms with van der Waals surface area (Å²) < 4.78 is 12.3. The molecule has 2 aromatic carbocycles. The van der Waals surface area contributed by atoms with Gasteiger partial charge < -0.3 is 0 Å². The third-order valence-corrected chi connectivity index (χ3v) is 4.59. The molecule has 0 radical (unpaired) electrons. The molecule has 0 N–H and O–H groups in total. The third kappa shape index (κ3) is 3.31. The molecule has 0 saturated heterocycles. The first kappa shape index (κ1) is 14.0. The number of carbonyl (C=O) groups is 1. The quantitative estimate of drug-likeness (QED) is 0.805. The van der Waals surface area contributed by atoms with Crippen LogP contribution in [-0.2, 0) is 10.8 Å². The van der Waals surface area contributed by atoms with Gasteiger partial charge in [-0.1, -0.05) is 48.0 Å². The van der Waals surface area contributed by atoms with Gasteiger partial charge >= 0.3 is 0 Å². The lowest BCUT2D eigenvalue weighted by molar-refractivity contribution is 0.0992. The molecule has 0 saturated carbocycles. The minimum Gasteiger partial charge on any atom is -0.293 e. The molecule has 4 heteroatoms. The average molecular weight is 293 g/mol. The summed E-state index contributed by atoms with van der Waals surface area (Å²) in [4.78, 5) is 12.8. The highest BCUT2D eigenvalue weighted by Gasteiger charge is 2.22. The molecule has 0 fully saturated rings. The van der Waals surface area contributed by atoms with Crippen molar-refractivity contribution in [2.24, 2.45) is 0 Å². The zero-order valence-electron chi connectivity index (χ0n) is 10.4. The highest BCUT2D eigenvalue weighted by Crippen LogP contribution is 2.18. The first-order valence-electron chi connectivity index (χ1n) is 5.85. The Balaban J connectivity index is 2.23. The smallest absolute Gasteiger partial charge is 0.178 e. The number of Topliss-reactive ketones (excluding diaryl/α,β-unsaturated/α-hetero) is 1. The van der Waals surface area contributed by atoms with Crippen LogP contribution in [0.15, 0.2) is 59.5 Å². The first-order valence-corrected chi connectivity index (χ1v) is 7.44. The maximum Gasteiger partial charge on any atom is 0.178 e. The van der Waals surface area contributed by atoms with Crippen molar-refractivity contribution in [1.82, 2.24) is 0 Å². The largest absolute Gasteiger partial charge is 0.293 e. The number of benzene rings is 2. The van der Waals surface area contributed by atoms with Gasteiger partial charge in [-0.2, -0.15) is 0 Å². The molecular weight excluding hydrogens is 280 g/mol. The van der Waals surface area contributed by atoms with E-state index in [0.29, 0.717) is 15.5 Å². The Morgan fingerprint density at radius 1 is 1.11 bits per heavy atom. The Morgan fingerprint density at radius 2 is 1.79 bits per heavy atom. The molecule has 2 unspecified atom stereocenters. The predicted molar refractivity (Wildman–Crippen MR) is 78.1 cm³/mol. The number of halogens is 1. The minimum atomic E-state index is -1.40. The molecule has 0 spiro atoms. The standard InChI is InChI=1S/C15H13ClO2S/c1-11(15(17)12-6-3-2-4-7-12)19(18)14-9-5-8-13(16)10-14/h2-11H,1H3. The lowest BCUT2D eigenvalue weighted by Gasteiger charge is -2.10. The van der Waals surface area contributed by atoms with Crippen LogP contribution in [0.25, 0.3) is 0 Å². The van der Waals surface area contributed by atoms with Gasteiger partial charge in [-0.3, -0.25) is 9.00 Å². The van der Waals surface area contributed by atoms with E-state index in [2.05, 4.69) is 0 Å². The molecule has 0 bridgehead atoms. The van der Waals surface area contributed by atoms with Crippen molar-refractivity contribution >= 4 is 28.2 Å². The van der Waals surface area contributed by atoms with E-state index in [1.807, 2.05) is 6.07 Å². The second kappa shape index (κ2) is 6.13. The van der Waals surface area contributed by atoms with Crippen molar-refractivity contribution in [3.8, 4) is 0 Å². The monoisotopic (exact) mass is 292 g/mol. The average Bonchev–Trinajstić information content (AvgIpc) is 2.46. The molecule has 2 aromatic rings. The summed E-state index contributed by atoms with van der Waals surface area (Å²) in [5.41, 5.74) is 0.574. The maximum atomic E-state index is 12.3. The van der Waals surface area contributed by atoms with Crippen molar-refractivity contribution in [1.29, 1.82) is 0 Å². The van der Waals surface area contributed by atoms with E-state index in [4.69, 9.17) is 11.6 Å². The molecule has 0 heterocycles. The molecular formula is C15H13ClO2S. The fraction of sp³-hybridized carbons (Fsp3) is 0.133. The molecule has 2 nitrogen and oxygen atoms in total. The van der Waals surface area contributed by atoms with Crippen molar-refractivity contribution in [2.45, 2.75) is 17.1 Å². The van der Waals surface area contributed by atoms with Gasteiger partial charge in [-0.15, -0.1) is 0 Å². The SMILES string of the molecule is CC(C(=O)c1ccccc1)S(=O)c1cccc(Cl)c1. The summed E-state index contributed by atoms with van der Waals surface area (Å²) in [6, 6.07) is 15.7. The molecule has 0 aliphatic heterocycles. The van der Waals surface area contributed by atoms with Crippen molar-refractivity contribution in [3.63, 3.8) is 0 Å². The maximum absolute atomic E-state index is 12.3. The number of hydrogen-bond acceptors (Lipinski definition) is 2. The second-order valence-corrected chi connectivity index (χ2v) is 6.34.